The van der Waals surface area contributed by atoms with Crippen molar-refractivity contribution < 1.29 is 13.6 Å². The lowest BCUT2D eigenvalue weighted by molar-refractivity contribution is -0.115. The molecule has 0 aliphatic carbocycles. The molecule has 0 aliphatic heterocycles. The van der Waals surface area contributed by atoms with Gasteiger partial charge in [0.15, 0.2) is 16.8 Å². The van der Waals surface area contributed by atoms with Crippen molar-refractivity contribution in [2.24, 2.45) is 0 Å². The molecule has 0 bridgehead atoms. The third kappa shape index (κ3) is 3.30. The summed E-state index contributed by atoms with van der Waals surface area (Å²) in [5.74, 6) is -2.31. The molecule has 1 aromatic heterocycles. The molecule has 0 fully saturated rings. The van der Waals surface area contributed by atoms with Crippen LogP contribution in [0.15, 0.2) is 30.5 Å². The van der Waals surface area contributed by atoms with Gasteiger partial charge in [0.25, 0.3) is 0 Å². The molecule has 0 aliphatic rings. The van der Waals surface area contributed by atoms with Crippen LogP contribution in [0.1, 0.15) is 11.1 Å². The third-order valence-electron chi connectivity index (χ3n) is 2.73. The monoisotopic (exact) mass is 296 g/mol. The molecule has 0 unspecified atom stereocenters. The van der Waals surface area contributed by atoms with Gasteiger partial charge in [-0.3, -0.25) is 4.79 Å². The molecule has 3 nitrogen and oxygen atoms in total. The summed E-state index contributed by atoms with van der Waals surface area (Å²) in [5, 5.41) is 2.80. The van der Waals surface area contributed by atoms with Gasteiger partial charge in [0.05, 0.1) is 12.1 Å². The number of halogens is 3. The molecule has 1 aromatic carbocycles. The van der Waals surface area contributed by atoms with Gasteiger partial charge in [-0.15, -0.1) is 0 Å². The largest absolute Gasteiger partial charge is 0.323 e. The van der Waals surface area contributed by atoms with Crippen LogP contribution in [0.3, 0.4) is 0 Å². The fourth-order valence-electron chi connectivity index (χ4n) is 1.69. The molecule has 104 valence electrons. The SMILES string of the molecule is Cc1ccnc(Cl)c1NC(=O)Cc1ccc(F)c(F)c1. The van der Waals surface area contributed by atoms with Crippen molar-refractivity contribution in [2.75, 3.05) is 5.32 Å². The molecule has 0 radical (unpaired) electrons. The molecule has 0 saturated heterocycles. The lowest BCUT2D eigenvalue weighted by Crippen LogP contribution is -2.16. The Kier molecular flexibility index (Phi) is 4.29. The lowest BCUT2D eigenvalue weighted by atomic mass is 10.1. The van der Waals surface area contributed by atoms with E-state index >= 15 is 0 Å². The number of pyridine rings is 1. The number of aryl methyl sites for hydroxylation is 1. The first-order valence-corrected chi connectivity index (χ1v) is 6.20. The summed E-state index contributed by atoms with van der Waals surface area (Å²) in [6.07, 6.45) is 1.45. The standard InChI is InChI=1S/C14H11ClF2N2O/c1-8-4-5-18-14(15)13(8)19-12(20)7-9-2-3-10(16)11(17)6-9/h2-6H,7H2,1H3,(H,19,20). The zero-order valence-corrected chi connectivity index (χ0v) is 11.3. The van der Waals surface area contributed by atoms with Crippen LogP contribution in [0.5, 0.6) is 0 Å². The molecule has 0 atom stereocenters. The van der Waals surface area contributed by atoms with Crippen molar-refractivity contribution in [1.82, 2.24) is 4.98 Å². The van der Waals surface area contributed by atoms with Gasteiger partial charge in [-0.05, 0) is 36.2 Å². The van der Waals surface area contributed by atoms with E-state index in [2.05, 4.69) is 10.3 Å². The second kappa shape index (κ2) is 5.96. The molecule has 2 aromatic rings. The second-order valence-corrected chi connectivity index (χ2v) is 4.63. The van der Waals surface area contributed by atoms with Gasteiger partial charge in [0, 0.05) is 6.20 Å². The van der Waals surface area contributed by atoms with Crippen LogP contribution in [0, 0.1) is 18.6 Å². The molecule has 1 N–H and O–H groups in total. The predicted molar refractivity (Wildman–Crippen MR) is 72.7 cm³/mol. The number of aromatic nitrogens is 1. The molecule has 1 amide bonds. The highest BCUT2D eigenvalue weighted by atomic mass is 35.5. The van der Waals surface area contributed by atoms with Gasteiger partial charge in [-0.2, -0.15) is 0 Å². The maximum atomic E-state index is 13.0. The summed E-state index contributed by atoms with van der Waals surface area (Å²) < 4.78 is 25.8. The van der Waals surface area contributed by atoms with Crippen LogP contribution in [-0.2, 0) is 11.2 Å². The Morgan fingerprint density at radius 1 is 1.30 bits per heavy atom. The number of hydrogen-bond donors (Lipinski definition) is 1. The van der Waals surface area contributed by atoms with E-state index < -0.39 is 11.6 Å². The number of amides is 1. The molecular formula is C14H11ClF2N2O. The van der Waals surface area contributed by atoms with Crippen LogP contribution in [-0.4, -0.2) is 10.9 Å². The minimum absolute atomic E-state index is 0.0815. The summed E-state index contributed by atoms with van der Waals surface area (Å²) >= 11 is 5.89. The van der Waals surface area contributed by atoms with Gasteiger partial charge in [-0.1, -0.05) is 17.7 Å². The van der Waals surface area contributed by atoms with Gasteiger partial charge in [0.1, 0.15) is 0 Å². The number of hydrogen-bond acceptors (Lipinski definition) is 2. The van der Waals surface area contributed by atoms with Crippen LogP contribution in [0.25, 0.3) is 0 Å². The van der Waals surface area contributed by atoms with Crippen molar-refractivity contribution in [3.63, 3.8) is 0 Å². The van der Waals surface area contributed by atoms with E-state index in [1.807, 2.05) is 0 Å². The highest BCUT2D eigenvalue weighted by Crippen LogP contribution is 2.23. The van der Waals surface area contributed by atoms with Crippen molar-refractivity contribution in [3.05, 3.63) is 58.4 Å². The van der Waals surface area contributed by atoms with Gasteiger partial charge >= 0.3 is 0 Å². The fraction of sp³-hybridized carbons (Fsp3) is 0.143. The Labute approximate surface area is 119 Å². The average molecular weight is 297 g/mol. The molecule has 6 heteroatoms. The van der Waals surface area contributed by atoms with E-state index in [0.717, 1.165) is 17.7 Å². The lowest BCUT2D eigenvalue weighted by Gasteiger charge is -2.09. The normalized spacial score (nSPS) is 10.4. The number of carbonyl (C=O) groups is 1. The second-order valence-electron chi connectivity index (χ2n) is 4.27. The number of nitrogens with zero attached hydrogens (tertiary/aromatic N) is 1. The van der Waals surface area contributed by atoms with Crippen LogP contribution < -0.4 is 5.32 Å². The Balaban J connectivity index is 2.11. The maximum absolute atomic E-state index is 13.0. The topological polar surface area (TPSA) is 42.0 Å². The average Bonchev–Trinajstić information content (AvgIpc) is 2.38. The van der Waals surface area contributed by atoms with Crippen molar-refractivity contribution in [1.29, 1.82) is 0 Å². The van der Waals surface area contributed by atoms with E-state index in [-0.39, 0.29) is 17.5 Å². The number of rotatable bonds is 3. The quantitative estimate of drug-likeness (QED) is 0.881. The highest BCUT2D eigenvalue weighted by molar-refractivity contribution is 6.32. The third-order valence-corrected chi connectivity index (χ3v) is 3.01. The fourth-order valence-corrected chi connectivity index (χ4v) is 1.95. The first-order valence-electron chi connectivity index (χ1n) is 5.82. The van der Waals surface area contributed by atoms with Crippen LogP contribution in [0.4, 0.5) is 14.5 Å². The first kappa shape index (κ1) is 14.4. The van der Waals surface area contributed by atoms with Gasteiger partial charge < -0.3 is 5.32 Å². The minimum Gasteiger partial charge on any atom is -0.323 e. The van der Waals surface area contributed by atoms with Crippen molar-refractivity contribution >= 4 is 23.2 Å². The molecule has 1 heterocycles. The molecular weight excluding hydrogens is 286 g/mol. The highest BCUT2D eigenvalue weighted by Gasteiger charge is 2.11. The van der Waals surface area contributed by atoms with Crippen molar-refractivity contribution in [2.45, 2.75) is 13.3 Å². The molecule has 20 heavy (non-hydrogen) atoms. The zero-order chi connectivity index (χ0) is 14.7. The number of anilines is 1. The Morgan fingerprint density at radius 3 is 2.70 bits per heavy atom. The number of carbonyl (C=O) groups excluding carboxylic acids is 1. The summed E-state index contributed by atoms with van der Waals surface area (Å²) in [7, 11) is 0. The van der Waals surface area contributed by atoms with Crippen LogP contribution >= 0.6 is 11.6 Å². The predicted octanol–water partition coefficient (Wildman–Crippen LogP) is 3.50. The smallest absolute Gasteiger partial charge is 0.228 e. The van der Waals surface area contributed by atoms with Gasteiger partial charge in [0.2, 0.25) is 5.91 Å². The zero-order valence-electron chi connectivity index (χ0n) is 10.6. The van der Waals surface area contributed by atoms with E-state index in [0.29, 0.717) is 11.3 Å². The van der Waals surface area contributed by atoms with Crippen LogP contribution in [0.2, 0.25) is 5.15 Å². The summed E-state index contributed by atoms with van der Waals surface area (Å²) in [6, 6.07) is 5.04. The Morgan fingerprint density at radius 2 is 2.05 bits per heavy atom. The molecule has 0 saturated carbocycles. The summed E-state index contributed by atoms with van der Waals surface area (Å²) in [4.78, 5) is 15.7. The Hall–Kier alpha value is -2.01. The van der Waals surface area contributed by atoms with E-state index in [1.165, 1.54) is 12.3 Å². The minimum atomic E-state index is -0.981. The van der Waals surface area contributed by atoms with E-state index in [9.17, 15) is 13.6 Å². The number of benzene rings is 1. The van der Waals surface area contributed by atoms with Gasteiger partial charge in [-0.25, -0.2) is 13.8 Å². The van der Waals surface area contributed by atoms with E-state index in [1.54, 1.807) is 13.0 Å². The Bertz CT molecular complexity index is 641. The van der Waals surface area contributed by atoms with Crippen molar-refractivity contribution in [3.8, 4) is 0 Å². The first-order chi connectivity index (χ1) is 9.47. The summed E-state index contributed by atoms with van der Waals surface area (Å²) in [6.45, 7) is 1.78. The molecule has 0 spiro atoms. The number of nitrogens with one attached hydrogen (secondary N) is 1. The maximum Gasteiger partial charge on any atom is 0.228 e. The molecule has 2 rings (SSSR count). The summed E-state index contributed by atoms with van der Waals surface area (Å²) in [5.41, 5.74) is 1.56. The van der Waals surface area contributed by atoms with E-state index in [4.69, 9.17) is 11.6 Å².